The number of nitriles is 1. The number of benzene rings is 1. The highest BCUT2D eigenvalue weighted by atomic mass is 16.5. The van der Waals surface area contributed by atoms with Gasteiger partial charge in [0.2, 0.25) is 0 Å². The smallest absolute Gasteiger partial charge is 0.338 e. The standard InChI is InChI=1S/C24H26N2O4/c1-2-14-29-24(28)18-10-8-17(9-11-18)22-13-12-21(30-22)15-19(16-25)23(27)26-20-6-4-3-5-7-20/h8-13,15,20H,2-7,14H2,1H3,(H,26,27). The van der Waals surface area contributed by atoms with Crippen LogP contribution in [0, 0.1) is 11.3 Å². The van der Waals surface area contributed by atoms with Crippen LogP contribution in [0.2, 0.25) is 0 Å². The largest absolute Gasteiger partial charge is 0.462 e. The third-order valence-corrected chi connectivity index (χ3v) is 5.06. The molecule has 1 amide bonds. The van der Waals surface area contributed by atoms with Gasteiger partial charge in [-0.05, 0) is 43.5 Å². The van der Waals surface area contributed by atoms with E-state index in [0.717, 1.165) is 37.7 Å². The van der Waals surface area contributed by atoms with Crippen LogP contribution in [0.5, 0.6) is 0 Å². The lowest BCUT2D eigenvalue weighted by atomic mass is 9.95. The van der Waals surface area contributed by atoms with Crippen LogP contribution in [0.3, 0.4) is 0 Å². The zero-order chi connectivity index (χ0) is 21.3. The van der Waals surface area contributed by atoms with Gasteiger partial charge in [0.1, 0.15) is 23.2 Å². The van der Waals surface area contributed by atoms with Gasteiger partial charge in [0.15, 0.2) is 0 Å². The van der Waals surface area contributed by atoms with Crippen LogP contribution in [-0.2, 0) is 9.53 Å². The van der Waals surface area contributed by atoms with Crippen LogP contribution < -0.4 is 5.32 Å². The van der Waals surface area contributed by atoms with Crippen LogP contribution in [0.4, 0.5) is 0 Å². The average Bonchev–Trinajstić information content (AvgIpc) is 3.25. The minimum atomic E-state index is -0.364. The summed E-state index contributed by atoms with van der Waals surface area (Å²) in [5, 5.41) is 12.3. The Labute approximate surface area is 176 Å². The molecular formula is C24H26N2O4. The van der Waals surface area contributed by atoms with Gasteiger partial charge in [0.25, 0.3) is 5.91 Å². The normalized spacial score (nSPS) is 14.7. The first kappa shape index (κ1) is 21.4. The Balaban J connectivity index is 1.67. The fourth-order valence-corrected chi connectivity index (χ4v) is 3.44. The van der Waals surface area contributed by atoms with Crippen molar-refractivity contribution in [2.24, 2.45) is 0 Å². The molecule has 0 radical (unpaired) electrons. The molecule has 1 aliphatic rings. The molecule has 0 spiro atoms. The van der Waals surface area contributed by atoms with E-state index < -0.39 is 0 Å². The predicted molar refractivity (Wildman–Crippen MR) is 113 cm³/mol. The fourth-order valence-electron chi connectivity index (χ4n) is 3.44. The highest BCUT2D eigenvalue weighted by Crippen LogP contribution is 2.24. The monoisotopic (exact) mass is 406 g/mol. The van der Waals surface area contributed by atoms with Gasteiger partial charge in [-0.3, -0.25) is 4.79 Å². The molecule has 0 atom stereocenters. The molecule has 1 saturated carbocycles. The molecule has 1 aliphatic carbocycles. The van der Waals surface area contributed by atoms with E-state index >= 15 is 0 Å². The van der Waals surface area contributed by atoms with E-state index in [1.807, 2.05) is 13.0 Å². The number of esters is 1. The summed E-state index contributed by atoms with van der Waals surface area (Å²) in [4.78, 5) is 24.3. The lowest BCUT2D eigenvalue weighted by Crippen LogP contribution is -2.36. The van der Waals surface area contributed by atoms with E-state index in [2.05, 4.69) is 5.32 Å². The second kappa shape index (κ2) is 10.4. The fraction of sp³-hybridized carbons (Fsp3) is 0.375. The van der Waals surface area contributed by atoms with Crippen molar-refractivity contribution in [3.05, 3.63) is 53.3 Å². The molecule has 0 unspecified atom stereocenters. The van der Waals surface area contributed by atoms with Gasteiger partial charge in [-0.2, -0.15) is 5.26 Å². The number of rotatable bonds is 7. The third-order valence-electron chi connectivity index (χ3n) is 5.06. The second-order valence-electron chi connectivity index (χ2n) is 7.39. The highest BCUT2D eigenvalue weighted by molar-refractivity contribution is 6.01. The minimum absolute atomic E-state index is 0.0236. The van der Waals surface area contributed by atoms with Gasteiger partial charge in [-0.15, -0.1) is 0 Å². The molecule has 3 rings (SSSR count). The summed E-state index contributed by atoms with van der Waals surface area (Å²) >= 11 is 0. The molecule has 30 heavy (non-hydrogen) atoms. The number of hydrogen-bond acceptors (Lipinski definition) is 5. The highest BCUT2D eigenvalue weighted by Gasteiger charge is 2.18. The summed E-state index contributed by atoms with van der Waals surface area (Å²) in [6, 6.07) is 12.5. The Kier molecular flexibility index (Phi) is 7.45. The van der Waals surface area contributed by atoms with Crippen LogP contribution in [-0.4, -0.2) is 24.5 Å². The van der Waals surface area contributed by atoms with Crippen LogP contribution >= 0.6 is 0 Å². The Morgan fingerprint density at radius 3 is 2.57 bits per heavy atom. The van der Waals surface area contributed by atoms with Crippen molar-refractivity contribution in [3.63, 3.8) is 0 Å². The van der Waals surface area contributed by atoms with Crippen molar-refractivity contribution in [1.82, 2.24) is 5.32 Å². The van der Waals surface area contributed by atoms with Gasteiger partial charge in [-0.1, -0.05) is 38.3 Å². The summed E-state index contributed by atoms with van der Waals surface area (Å²) < 4.78 is 10.9. The topological polar surface area (TPSA) is 92.3 Å². The molecule has 1 heterocycles. The number of furan rings is 1. The summed E-state index contributed by atoms with van der Waals surface area (Å²) in [6.07, 6.45) is 7.55. The number of carbonyl (C=O) groups is 2. The van der Waals surface area contributed by atoms with E-state index in [-0.39, 0.29) is 23.5 Å². The maximum absolute atomic E-state index is 12.4. The number of amides is 1. The van der Waals surface area contributed by atoms with Crippen molar-refractivity contribution < 1.29 is 18.7 Å². The Hall–Kier alpha value is -3.33. The summed E-state index contributed by atoms with van der Waals surface area (Å²) in [5.41, 5.74) is 1.28. The van der Waals surface area contributed by atoms with Gasteiger partial charge >= 0.3 is 5.97 Å². The van der Waals surface area contributed by atoms with Crippen LogP contribution in [0.25, 0.3) is 17.4 Å². The molecule has 1 aromatic carbocycles. The first-order valence-corrected chi connectivity index (χ1v) is 10.4. The molecule has 156 valence electrons. The van der Waals surface area contributed by atoms with Gasteiger partial charge in [0.05, 0.1) is 12.2 Å². The summed E-state index contributed by atoms with van der Waals surface area (Å²) in [5.74, 6) is 0.290. The van der Waals surface area contributed by atoms with Crippen molar-refractivity contribution in [1.29, 1.82) is 5.26 Å². The number of nitrogens with zero attached hydrogens (tertiary/aromatic N) is 1. The first-order chi connectivity index (χ1) is 14.6. The number of ether oxygens (including phenoxy) is 1. The lowest BCUT2D eigenvalue weighted by Gasteiger charge is -2.22. The Bertz CT molecular complexity index is 944. The van der Waals surface area contributed by atoms with E-state index in [1.54, 1.807) is 36.4 Å². The lowest BCUT2D eigenvalue weighted by molar-refractivity contribution is -0.117. The van der Waals surface area contributed by atoms with Crippen molar-refractivity contribution in [2.45, 2.75) is 51.5 Å². The SMILES string of the molecule is CCCOC(=O)c1ccc(-c2ccc(C=C(C#N)C(=O)NC3CCCCC3)o2)cc1. The zero-order valence-electron chi connectivity index (χ0n) is 17.1. The zero-order valence-corrected chi connectivity index (χ0v) is 17.1. The molecule has 0 saturated heterocycles. The quantitative estimate of drug-likeness (QED) is 0.402. The molecule has 0 aliphatic heterocycles. The third kappa shape index (κ3) is 5.60. The minimum Gasteiger partial charge on any atom is -0.462 e. The molecular weight excluding hydrogens is 380 g/mol. The molecule has 1 N–H and O–H groups in total. The molecule has 1 aromatic heterocycles. The molecule has 1 fully saturated rings. The summed E-state index contributed by atoms with van der Waals surface area (Å²) in [6.45, 7) is 2.33. The van der Waals surface area contributed by atoms with Gasteiger partial charge < -0.3 is 14.5 Å². The Morgan fingerprint density at radius 1 is 1.17 bits per heavy atom. The molecule has 6 nitrogen and oxygen atoms in total. The second-order valence-corrected chi connectivity index (χ2v) is 7.39. The Morgan fingerprint density at radius 2 is 1.90 bits per heavy atom. The van der Waals surface area contributed by atoms with Crippen molar-refractivity contribution in [2.75, 3.05) is 6.61 Å². The van der Waals surface area contributed by atoms with E-state index in [4.69, 9.17) is 9.15 Å². The number of nitrogens with one attached hydrogen (secondary N) is 1. The van der Waals surface area contributed by atoms with E-state index in [0.29, 0.717) is 23.7 Å². The first-order valence-electron chi connectivity index (χ1n) is 10.4. The number of hydrogen-bond donors (Lipinski definition) is 1. The van der Waals surface area contributed by atoms with Crippen LogP contribution in [0.15, 0.2) is 46.4 Å². The number of carbonyl (C=O) groups excluding carboxylic acids is 2. The summed E-state index contributed by atoms with van der Waals surface area (Å²) in [7, 11) is 0. The van der Waals surface area contributed by atoms with Crippen LogP contribution in [0.1, 0.15) is 61.6 Å². The van der Waals surface area contributed by atoms with E-state index in [9.17, 15) is 14.9 Å². The predicted octanol–water partition coefficient (Wildman–Crippen LogP) is 4.87. The van der Waals surface area contributed by atoms with Gasteiger partial charge in [-0.25, -0.2) is 4.79 Å². The molecule has 6 heteroatoms. The van der Waals surface area contributed by atoms with E-state index in [1.165, 1.54) is 12.5 Å². The van der Waals surface area contributed by atoms with Crippen molar-refractivity contribution >= 4 is 18.0 Å². The van der Waals surface area contributed by atoms with Gasteiger partial charge in [0, 0.05) is 17.7 Å². The van der Waals surface area contributed by atoms with Crippen molar-refractivity contribution in [3.8, 4) is 17.4 Å². The molecule has 2 aromatic rings. The molecule has 0 bridgehead atoms. The average molecular weight is 406 g/mol. The maximum atomic E-state index is 12.4. The maximum Gasteiger partial charge on any atom is 0.338 e.